The van der Waals surface area contributed by atoms with E-state index in [0.717, 1.165) is 23.3 Å². The SMILES string of the molecule is Cc1ccc(-c2c(-c3ccc(S(N)(=O)=O)cc3)nn(CCc3ccccc3)c2C(F)(F)C(F)(F)F)cc1. The second-order valence-electron chi connectivity index (χ2n) is 8.54. The topological polar surface area (TPSA) is 78.0 Å². The molecule has 5 nitrogen and oxygen atoms in total. The molecular weight excluding hydrogens is 513 g/mol. The normalized spacial score (nSPS) is 12.6. The fourth-order valence-electron chi connectivity index (χ4n) is 3.95. The van der Waals surface area contributed by atoms with E-state index in [1.807, 2.05) is 0 Å². The Morgan fingerprint density at radius 2 is 1.41 bits per heavy atom. The molecular formula is C26H22F5N3O2S. The maximum Gasteiger partial charge on any atom is 0.459 e. The number of aryl methyl sites for hydroxylation is 3. The van der Waals surface area contributed by atoms with Crippen molar-refractivity contribution in [3.8, 4) is 22.4 Å². The third kappa shape index (κ3) is 5.42. The van der Waals surface area contributed by atoms with Crippen molar-refractivity contribution in [3.05, 3.63) is 95.7 Å². The molecule has 3 aromatic carbocycles. The van der Waals surface area contributed by atoms with E-state index < -0.39 is 33.4 Å². The van der Waals surface area contributed by atoms with E-state index in [4.69, 9.17) is 5.14 Å². The van der Waals surface area contributed by atoms with E-state index in [9.17, 15) is 21.6 Å². The summed E-state index contributed by atoms with van der Waals surface area (Å²) in [6.45, 7) is 1.50. The van der Waals surface area contributed by atoms with E-state index in [2.05, 4.69) is 5.10 Å². The summed E-state index contributed by atoms with van der Waals surface area (Å²) in [5.41, 5.74) is -0.0406. The molecule has 11 heteroatoms. The highest BCUT2D eigenvalue weighted by Gasteiger charge is 2.62. The van der Waals surface area contributed by atoms with Crippen LogP contribution in [0.5, 0.6) is 0 Å². The number of rotatable bonds is 7. The molecule has 194 valence electrons. The molecule has 0 aliphatic heterocycles. The van der Waals surface area contributed by atoms with E-state index >= 15 is 8.78 Å². The molecule has 37 heavy (non-hydrogen) atoms. The number of hydrogen-bond donors (Lipinski definition) is 1. The van der Waals surface area contributed by atoms with Crippen LogP contribution in [0.1, 0.15) is 16.8 Å². The predicted octanol–water partition coefficient (Wildman–Crippen LogP) is 6.07. The standard InChI is InChI=1S/C26H22F5N3O2S/c1-17-7-9-19(10-8-17)22-23(20-11-13-21(14-12-20)37(32,35)36)33-34(16-15-18-5-3-2-4-6-18)24(22)25(27,28)26(29,30)31/h2-14H,15-16H2,1H3,(H2,32,35,36). The number of sulfonamides is 1. The van der Waals surface area contributed by atoms with E-state index in [1.165, 1.54) is 24.3 Å². The Balaban J connectivity index is 1.98. The number of hydrogen-bond acceptors (Lipinski definition) is 3. The Morgan fingerprint density at radius 3 is 1.95 bits per heavy atom. The lowest BCUT2D eigenvalue weighted by Gasteiger charge is -2.22. The van der Waals surface area contributed by atoms with Crippen LogP contribution in [0.4, 0.5) is 22.0 Å². The highest BCUT2D eigenvalue weighted by molar-refractivity contribution is 7.89. The second kappa shape index (κ2) is 9.71. The van der Waals surface area contributed by atoms with Crippen LogP contribution in [0.15, 0.2) is 83.8 Å². The van der Waals surface area contributed by atoms with Gasteiger partial charge < -0.3 is 0 Å². The molecule has 1 aromatic heterocycles. The molecule has 1 heterocycles. The number of nitrogens with zero attached hydrogens (tertiary/aromatic N) is 2. The van der Waals surface area contributed by atoms with Gasteiger partial charge in [-0.2, -0.15) is 27.1 Å². The first-order chi connectivity index (χ1) is 17.3. The third-order valence-electron chi connectivity index (χ3n) is 5.86. The van der Waals surface area contributed by atoms with Crippen LogP contribution in [0.25, 0.3) is 22.4 Å². The first-order valence-corrected chi connectivity index (χ1v) is 12.6. The van der Waals surface area contributed by atoms with Crippen LogP contribution < -0.4 is 5.14 Å². The molecule has 0 spiro atoms. The summed E-state index contributed by atoms with van der Waals surface area (Å²) in [5.74, 6) is -5.23. The van der Waals surface area contributed by atoms with Gasteiger partial charge in [0.1, 0.15) is 11.4 Å². The molecule has 0 fully saturated rings. The van der Waals surface area contributed by atoms with Crippen molar-refractivity contribution in [2.75, 3.05) is 0 Å². The molecule has 0 radical (unpaired) electrons. The van der Waals surface area contributed by atoms with Gasteiger partial charge in [0.05, 0.1) is 4.90 Å². The first-order valence-electron chi connectivity index (χ1n) is 11.1. The van der Waals surface area contributed by atoms with Crippen molar-refractivity contribution >= 4 is 10.0 Å². The summed E-state index contributed by atoms with van der Waals surface area (Å²) < 4.78 is 95.5. The van der Waals surface area contributed by atoms with E-state index in [0.29, 0.717) is 4.68 Å². The van der Waals surface area contributed by atoms with Gasteiger partial charge in [0.15, 0.2) is 0 Å². The van der Waals surface area contributed by atoms with Crippen molar-refractivity contribution in [1.82, 2.24) is 9.78 Å². The zero-order valence-corrected chi connectivity index (χ0v) is 20.3. The summed E-state index contributed by atoms with van der Waals surface area (Å²) in [7, 11) is -4.05. The van der Waals surface area contributed by atoms with Gasteiger partial charge in [0.2, 0.25) is 10.0 Å². The van der Waals surface area contributed by atoms with Gasteiger partial charge in [-0.05, 0) is 36.6 Å². The number of aromatic nitrogens is 2. The second-order valence-corrected chi connectivity index (χ2v) is 10.1. The number of benzene rings is 3. The summed E-state index contributed by atoms with van der Waals surface area (Å²) >= 11 is 0. The minimum absolute atomic E-state index is 0.112. The van der Waals surface area contributed by atoms with Gasteiger partial charge in [-0.1, -0.05) is 72.3 Å². The van der Waals surface area contributed by atoms with Gasteiger partial charge in [-0.25, -0.2) is 13.6 Å². The number of alkyl halides is 5. The van der Waals surface area contributed by atoms with Crippen molar-refractivity contribution in [1.29, 1.82) is 0 Å². The van der Waals surface area contributed by atoms with Crippen LogP contribution in [-0.2, 0) is 28.9 Å². The fourth-order valence-corrected chi connectivity index (χ4v) is 4.47. The Labute approximate surface area is 210 Å². The fraction of sp³-hybridized carbons (Fsp3) is 0.192. The Morgan fingerprint density at radius 1 is 0.838 bits per heavy atom. The molecule has 2 N–H and O–H groups in total. The summed E-state index contributed by atoms with van der Waals surface area (Å²) in [4.78, 5) is -0.238. The maximum absolute atomic E-state index is 15.1. The van der Waals surface area contributed by atoms with Crippen LogP contribution in [0.3, 0.4) is 0 Å². The van der Waals surface area contributed by atoms with Crippen LogP contribution in [0.2, 0.25) is 0 Å². The molecule has 0 unspecified atom stereocenters. The Hall–Kier alpha value is -3.57. The molecule has 0 saturated carbocycles. The summed E-state index contributed by atoms with van der Waals surface area (Å²) in [5, 5.41) is 9.36. The van der Waals surface area contributed by atoms with Gasteiger partial charge in [-0.15, -0.1) is 0 Å². The summed E-state index contributed by atoms with van der Waals surface area (Å²) in [6.07, 6.45) is -5.73. The minimum atomic E-state index is -5.88. The third-order valence-corrected chi connectivity index (χ3v) is 6.79. The first kappa shape index (κ1) is 26.5. The van der Waals surface area contributed by atoms with Gasteiger partial charge in [0.25, 0.3) is 0 Å². The molecule has 0 atom stereocenters. The minimum Gasteiger partial charge on any atom is -0.261 e. The van der Waals surface area contributed by atoms with Crippen LogP contribution in [0, 0.1) is 6.92 Å². The molecule has 0 saturated heterocycles. The highest BCUT2D eigenvalue weighted by Crippen LogP contribution is 2.49. The molecule has 0 bridgehead atoms. The smallest absolute Gasteiger partial charge is 0.261 e. The van der Waals surface area contributed by atoms with Gasteiger partial charge in [0, 0.05) is 17.7 Å². The lowest BCUT2D eigenvalue weighted by molar-refractivity contribution is -0.291. The zero-order chi connectivity index (χ0) is 27.0. The lowest BCUT2D eigenvalue weighted by atomic mass is 9.95. The van der Waals surface area contributed by atoms with E-state index in [-0.39, 0.29) is 34.7 Å². The van der Waals surface area contributed by atoms with Crippen molar-refractivity contribution in [3.63, 3.8) is 0 Å². The number of halogens is 5. The molecule has 0 amide bonds. The average molecular weight is 536 g/mol. The molecule has 4 aromatic rings. The van der Waals surface area contributed by atoms with Crippen LogP contribution in [-0.4, -0.2) is 24.4 Å². The Bertz CT molecular complexity index is 1500. The molecule has 0 aliphatic carbocycles. The van der Waals surface area contributed by atoms with Crippen molar-refractivity contribution in [2.24, 2.45) is 5.14 Å². The van der Waals surface area contributed by atoms with Crippen LogP contribution >= 0.6 is 0 Å². The van der Waals surface area contributed by atoms with Gasteiger partial charge >= 0.3 is 12.1 Å². The molecule has 4 rings (SSSR count). The largest absolute Gasteiger partial charge is 0.459 e. The van der Waals surface area contributed by atoms with Crippen molar-refractivity contribution < 1.29 is 30.4 Å². The zero-order valence-electron chi connectivity index (χ0n) is 19.5. The monoisotopic (exact) mass is 535 g/mol. The number of nitrogens with two attached hydrogens (primary N) is 1. The molecule has 0 aliphatic rings. The average Bonchev–Trinajstić information content (AvgIpc) is 3.23. The van der Waals surface area contributed by atoms with Gasteiger partial charge in [-0.3, -0.25) is 4.68 Å². The maximum atomic E-state index is 15.1. The number of primary sulfonamides is 1. The Kier molecular flexibility index (Phi) is 6.95. The predicted molar refractivity (Wildman–Crippen MR) is 129 cm³/mol. The van der Waals surface area contributed by atoms with Crippen molar-refractivity contribution in [2.45, 2.75) is 36.9 Å². The quantitative estimate of drug-likeness (QED) is 0.292. The van der Waals surface area contributed by atoms with E-state index in [1.54, 1.807) is 49.4 Å². The highest BCUT2D eigenvalue weighted by atomic mass is 32.2. The lowest BCUT2D eigenvalue weighted by Crippen LogP contribution is -2.36. The summed E-state index contributed by atoms with van der Waals surface area (Å²) in [6, 6.07) is 19.6.